The molecule has 152 valence electrons. The van der Waals surface area contributed by atoms with Crippen LogP contribution >= 0.6 is 24.0 Å². The van der Waals surface area contributed by atoms with Gasteiger partial charge in [-0.25, -0.2) is 9.98 Å². The van der Waals surface area contributed by atoms with E-state index >= 15 is 0 Å². The van der Waals surface area contributed by atoms with Gasteiger partial charge in [-0.1, -0.05) is 48.5 Å². The first-order valence-corrected chi connectivity index (χ1v) is 9.81. The summed E-state index contributed by atoms with van der Waals surface area (Å²) in [6, 6.07) is 19.0. The van der Waals surface area contributed by atoms with Crippen molar-refractivity contribution in [1.29, 1.82) is 0 Å². The van der Waals surface area contributed by atoms with Crippen LogP contribution in [0.15, 0.2) is 65.9 Å². The molecular formula is C22H27IN6. The first-order chi connectivity index (χ1) is 13.8. The van der Waals surface area contributed by atoms with Crippen LogP contribution in [0.2, 0.25) is 0 Å². The Labute approximate surface area is 188 Å². The second-order valence-corrected chi connectivity index (χ2v) is 7.23. The molecule has 7 heteroatoms. The maximum atomic E-state index is 4.78. The molecule has 1 aliphatic carbocycles. The molecule has 0 spiro atoms. The fraction of sp³-hybridized carbons (Fsp3) is 0.318. The second-order valence-electron chi connectivity index (χ2n) is 7.23. The summed E-state index contributed by atoms with van der Waals surface area (Å²) in [7, 11) is 0. The van der Waals surface area contributed by atoms with Crippen molar-refractivity contribution in [3.8, 4) is 11.4 Å². The second kappa shape index (κ2) is 9.87. The lowest BCUT2D eigenvalue weighted by atomic mass is 9.96. The molecule has 1 aliphatic rings. The molecular weight excluding hydrogens is 475 g/mol. The van der Waals surface area contributed by atoms with E-state index in [2.05, 4.69) is 75.2 Å². The van der Waals surface area contributed by atoms with Gasteiger partial charge in [-0.05, 0) is 37.0 Å². The largest absolute Gasteiger partial charge is 0.357 e. The molecule has 29 heavy (non-hydrogen) atoms. The van der Waals surface area contributed by atoms with E-state index < -0.39 is 0 Å². The zero-order chi connectivity index (χ0) is 19.2. The Hall–Kier alpha value is -2.42. The van der Waals surface area contributed by atoms with Crippen molar-refractivity contribution in [2.45, 2.75) is 31.7 Å². The number of guanidine groups is 1. The van der Waals surface area contributed by atoms with Gasteiger partial charge >= 0.3 is 0 Å². The molecule has 2 aromatic carbocycles. The first-order valence-electron chi connectivity index (χ1n) is 9.81. The normalized spacial score (nSPS) is 14.7. The Bertz CT molecular complexity index is 919. The van der Waals surface area contributed by atoms with Crippen molar-refractivity contribution in [2.24, 2.45) is 4.99 Å². The molecule has 0 bridgehead atoms. The molecule has 1 heterocycles. The van der Waals surface area contributed by atoms with Crippen LogP contribution in [0.5, 0.6) is 0 Å². The van der Waals surface area contributed by atoms with Crippen LogP contribution in [0.4, 0.5) is 0 Å². The van der Waals surface area contributed by atoms with Crippen molar-refractivity contribution < 1.29 is 0 Å². The van der Waals surface area contributed by atoms with Gasteiger partial charge in [0.2, 0.25) is 0 Å². The average Bonchev–Trinajstić information content (AvgIpc) is 3.33. The molecule has 1 saturated carbocycles. The van der Waals surface area contributed by atoms with Crippen LogP contribution in [0.3, 0.4) is 0 Å². The summed E-state index contributed by atoms with van der Waals surface area (Å²) in [5.74, 6) is 1.63. The van der Waals surface area contributed by atoms with Crippen molar-refractivity contribution >= 4 is 29.9 Å². The monoisotopic (exact) mass is 502 g/mol. The van der Waals surface area contributed by atoms with Crippen LogP contribution in [0.25, 0.3) is 11.4 Å². The number of aromatic nitrogens is 3. The summed E-state index contributed by atoms with van der Waals surface area (Å²) < 4.78 is 0. The standard InChI is InChI=1S/C22H26N6.HI/c1-2-23-21(25-15-22(11-12-22)19-9-4-3-5-10-19)24-14-17-7-6-8-18(13-17)20-26-16-27-28-20;/h3-10,13,16H,2,11-12,14-15H2,1H3,(H2,23,24,25)(H,26,27,28);1H. The van der Waals surface area contributed by atoms with Gasteiger partial charge in [-0.2, -0.15) is 5.10 Å². The number of aromatic amines is 1. The van der Waals surface area contributed by atoms with E-state index in [0.29, 0.717) is 6.54 Å². The summed E-state index contributed by atoms with van der Waals surface area (Å²) >= 11 is 0. The van der Waals surface area contributed by atoms with Crippen LogP contribution < -0.4 is 10.6 Å². The molecule has 0 atom stereocenters. The fourth-order valence-electron chi connectivity index (χ4n) is 3.44. The van der Waals surface area contributed by atoms with Crippen molar-refractivity contribution in [3.05, 3.63) is 72.1 Å². The van der Waals surface area contributed by atoms with E-state index in [0.717, 1.165) is 36.0 Å². The summed E-state index contributed by atoms with van der Waals surface area (Å²) in [5.41, 5.74) is 3.82. The number of hydrogen-bond acceptors (Lipinski definition) is 3. The minimum atomic E-state index is 0. The number of aliphatic imine (C=N–C) groups is 1. The number of nitrogens with zero attached hydrogens (tertiary/aromatic N) is 3. The fourth-order valence-corrected chi connectivity index (χ4v) is 3.44. The maximum Gasteiger partial charge on any atom is 0.191 e. The van der Waals surface area contributed by atoms with Crippen LogP contribution in [0, 0.1) is 0 Å². The summed E-state index contributed by atoms with van der Waals surface area (Å²) in [4.78, 5) is 9.00. The van der Waals surface area contributed by atoms with Crippen molar-refractivity contribution in [3.63, 3.8) is 0 Å². The molecule has 0 saturated heterocycles. The molecule has 0 amide bonds. The summed E-state index contributed by atoms with van der Waals surface area (Å²) in [5, 5.41) is 13.7. The average molecular weight is 502 g/mol. The lowest BCUT2D eigenvalue weighted by molar-refractivity contribution is 0.646. The van der Waals surface area contributed by atoms with E-state index in [1.807, 2.05) is 12.1 Å². The van der Waals surface area contributed by atoms with Gasteiger partial charge in [0.25, 0.3) is 0 Å². The number of nitrogens with one attached hydrogen (secondary N) is 3. The third-order valence-electron chi connectivity index (χ3n) is 5.21. The van der Waals surface area contributed by atoms with Gasteiger partial charge in [-0.15, -0.1) is 24.0 Å². The highest BCUT2D eigenvalue weighted by Crippen LogP contribution is 2.47. The predicted molar refractivity (Wildman–Crippen MR) is 127 cm³/mol. The molecule has 3 aromatic rings. The molecule has 3 N–H and O–H groups in total. The molecule has 1 fully saturated rings. The number of H-pyrrole nitrogens is 1. The van der Waals surface area contributed by atoms with E-state index in [9.17, 15) is 0 Å². The first kappa shape index (κ1) is 21.3. The molecule has 0 unspecified atom stereocenters. The topological polar surface area (TPSA) is 78.0 Å². The maximum absolute atomic E-state index is 4.78. The Morgan fingerprint density at radius 3 is 2.62 bits per heavy atom. The lowest BCUT2D eigenvalue weighted by Gasteiger charge is -2.19. The minimum Gasteiger partial charge on any atom is -0.357 e. The van der Waals surface area contributed by atoms with Gasteiger partial charge in [-0.3, -0.25) is 5.10 Å². The van der Waals surface area contributed by atoms with Gasteiger partial charge in [0, 0.05) is 24.1 Å². The van der Waals surface area contributed by atoms with E-state index in [4.69, 9.17) is 4.99 Å². The summed E-state index contributed by atoms with van der Waals surface area (Å²) in [6.45, 7) is 4.44. The van der Waals surface area contributed by atoms with Gasteiger partial charge in [0.05, 0.1) is 6.54 Å². The predicted octanol–water partition coefficient (Wildman–Crippen LogP) is 3.88. The van der Waals surface area contributed by atoms with Crippen LogP contribution in [-0.4, -0.2) is 34.2 Å². The van der Waals surface area contributed by atoms with Gasteiger partial charge < -0.3 is 10.6 Å². The van der Waals surface area contributed by atoms with Gasteiger partial charge in [0.1, 0.15) is 6.33 Å². The molecule has 0 aliphatic heterocycles. The zero-order valence-electron chi connectivity index (χ0n) is 16.6. The summed E-state index contributed by atoms with van der Waals surface area (Å²) in [6.07, 6.45) is 3.97. The Balaban J connectivity index is 0.00000240. The van der Waals surface area contributed by atoms with E-state index in [-0.39, 0.29) is 29.4 Å². The third kappa shape index (κ3) is 5.35. The Kier molecular flexibility index (Phi) is 7.24. The number of halogens is 1. The highest BCUT2D eigenvalue weighted by molar-refractivity contribution is 14.0. The molecule has 4 rings (SSSR count). The Morgan fingerprint density at radius 1 is 1.10 bits per heavy atom. The smallest absolute Gasteiger partial charge is 0.191 e. The molecule has 0 radical (unpaired) electrons. The quantitative estimate of drug-likeness (QED) is 0.261. The molecule has 1 aromatic heterocycles. The SMILES string of the molecule is CCNC(=NCc1cccc(-c2ncn[nH]2)c1)NCC1(c2ccccc2)CC1.I. The highest BCUT2D eigenvalue weighted by atomic mass is 127. The highest BCUT2D eigenvalue weighted by Gasteiger charge is 2.43. The Morgan fingerprint density at radius 2 is 1.93 bits per heavy atom. The third-order valence-corrected chi connectivity index (χ3v) is 5.21. The molecule has 6 nitrogen and oxygen atoms in total. The number of hydrogen-bond donors (Lipinski definition) is 3. The van der Waals surface area contributed by atoms with Crippen LogP contribution in [0.1, 0.15) is 30.9 Å². The lowest BCUT2D eigenvalue weighted by Crippen LogP contribution is -2.41. The van der Waals surface area contributed by atoms with Crippen LogP contribution in [-0.2, 0) is 12.0 Å². The van der Waals surface area contributed by atoms with E-state index in [1.165, 1.54) is 24.7 Å². The minimum absolute atomic E-state index is 0. The van der Waals surface area contributed by atoms with Crippen molar-refractivity contribution in [1.82, 2.24) is 25.8 Å². The van der Waals surface area contributed by atoms with Crippen molar-refractivity contribution in [2.75, 3.05) is 13.1 Å². The zero-order valence-corrected chi connectivity index (χ0v) is 18.9. The van der Waals surface area contributed by atoms with E-state index in [1.54, 1.807) is 0 Å². The number of benzene rings is 2. The van der Waals surface area contributed by atoms with Gasteiger partial charge in [0.15, 0.2) is 11.8 Å². The number of rotatable bonds is 7.